The molecule has 166 valence electrons. The summed E-state index contributed by atoms with van der Waals surface area (Å²) in [6.45, 7) is 2.31. The predicted octanol–water partition coefficient (Wildman–Crippen LogP) is 2.98. The minimum absolute atomic E-state index is 0.145. The first kappa shape index (κ1) is 23.0. The maximum atomic E-state index is 12.7. The fraction of sp³-hybridized carbons (Fsp3) is 0.619. The molecule has 1 heterocycles. The van der Waals surface area contributed by atoms with E-state index in [2.05, 4.69) is 12.2 Å². The molecule has 2 aliphatic rings. The zero-order valence-electron chi connectivity index (χ0n) is 17.2. The van der Waals surface area contributed by atoms with Gasteiger partial charge in [-0.15, -0.1) is 0 Å². The molecule has 3 rings (SSSR count). The van der Waals surface area contributed by atoms with Crippen LogP contribution in [0.5, 0.6) is 0 Å². The Balaban J connectivity index is 1.44. The maximum absolute atomic E-state index is 12.7. The molecule has 0 aromatic heterocycles. The Morgan fingerprint density at radius 1 is 1.10 bits per heavy atom. The predicted molar refractivity (Wildman–Crippen MR) is 113 cm³/mol. The van der Waals surface area contributed by atoms with Crippen molar-refractivity contribution in [1.82, 2.24) is 9.62 Å². The number of benzene rings is 1. The molecular formula is C21H29ClN2O5S. The Hall–Kier alpha value is -1.64. The molecule has 1 aromatic rings. The van der Waals surface area contributed by atoms with Crippen LogP contribution in [-0.4, -0.2) is 50.3 Å². The monoisotopic (exact) mass is 456 g/mol. The van der Waals surface area contributed by atoms with Gasteiger partial charge in [-0.2, -0.15) is 4.31 Å². The van der Waals surface area contributed by atoms with Gasteiger partial charge in [-0.05, 0) is 55.9 Å². The lowest BCUT2D eigenvalue weighted by Crippen LogP contribution is -2.44. The van der Waals surface area contributed by atoms with E-state index in [4.69, 9.17) is 16.3 Å². The second-order valence-electron chi connectivity index (χ2n) is 8.18. The van der Waals surface area contributed by atoms with E-state index in [0.717, 1.165) is 19.3 Å². The summed E-state index contributed by atoms with van der Waals surface area (Å²) in [5.74, 6) is -0.677. The van der Waals surface area contributed by atoms with Gasteiger partial charge in [0.1, 0.15) is 0 Å². The van der Waals surface area contributed by atoms with E-state index in [0.29, 0.717) is 23.8 Å². The quantitative estimate of drug-likeness (QED) is 0.664. The number of nitrogens with one attached hydrogen (secondary N) is 1. The summed E-state index contributed by atoms with van der Waals surface area (Å²) in [4.78, 5) is 24.6. The molecule has 9 heteroatoms. The zero-order valence-corrected chi connectivity index (χ0v) is 18.8. The number of amides is 1. The maximum Gasteiger partial charge on any atom is 0.309 e. The third-order valence-electron chi connectivity index (χ3n) is 6.04. The van der Waals surface area contributed by atoms with Crippen molar-refractivity contribution < 1.29 is 22.7 Å². The van der Waals surface area contributed by atoms with Gasteiger partial charge in [-0.1, -0.05) is 31.4 Å². The van der Waals surface area contributed by atoms with Crippen LogP contribution in [0.3, 0.4) is 0 Å². The third-order valence-corrected chi connectivity index (χ3v) is 8.21. The van der Waals surface area contributed by atoms with Crippen molar-refractivity contribution in [2.24, 2.45) is 11.8 Å². The molecule has 7 nitrogen and oxygen atoms in total. The number of ether oxygens (including phenoxy) is 1. The van der Waals surface area contributed by atoms with Crippen LogP contribution in [0.25, 0.3) is 0 Å². The van der Waals surface area contributed by atoms with Gasteiger partial charge in [0.15, 0.2) is 6.61 Å². The van der Waals surface area contributed by atoms with Crippen molar-refractivity contribution >= 4 is 33.5 Å². The molecular weight excluding hydrogens is 428 g/mol. The first-order chi connectivity index (χ1) is 14.3. The molecule has 0 radical (unpaired) electrons. The summed E-state index contributed by atoms with van der Waals surface area (Å²) in [5, 5.41) is 3.43. The van der Waals surface area contributed by atoms with Crippen molar-refractivity contribution in [3.05, 3.63) is 29.3 Å². The Labute approximate surface area is 183 Å². The molecule has 1 aromatic carbocycles. The highest BCUT2D eigenvalue weighted by Crippen LogP contribution is 2.26. The molecule has 1 aliphatic carbocycles. The molecule has 1 saturated heterocycles. The Kier molecular flexibility index (Phi) is 7.76. The van der Waals surface area contributed by atoms with Crippen LogP contribution >= 0.6 is 11.6 Å². The summed E-state index contributed by atoms with van der Waals surface area (Å²) in [7, 11) is -3.62. The number of hydrogen-bond donors (Lipinski definition) is 1. The van der Waals surface area contributed by atoms with Crippen LogP contribution in [0.4, 0.5) is 0 Å². The summed E-state index contributed by atoms with van der Waals surface area (Å²) >= 11 is 5.83. The van der Waals surface area contributed by atoms with Gasteiger partial charge in [0, 0.05) is 24.2 Å². The van der Waals surface area contributed by atoms with E-state index in [1.54, 1.807) is 0 Å². The van der Waals surface area contributed by atoms with Crippen LogP contribution in [0, 0.1) is 11.8 Å². The smallest absolute Gasteiger partial charge is 0.309 e. The zero-order chi connectivity index (χ0) is 21.7. The number of halogens is 1. The summed E-state index contributed by atoms with van der Waals surface area (Å²) < 4.78 is 32.0. The number of carbonyl (C=O) groups is 2. The van der Waals surface area contributed by atoms with Gasteiger partial charge < -0.3 is 10.1 Å². The second kappa shape index (κ2) is 10.1. The van der Waals surface area contributed by atoms with Crippen LogP contribution in [-0.2, 0) is 24.3 Å². The van der Waals surface area contributed by atoms with Crippen molar-refractivity contribution in [2.75, 3.05) is 19.7 Å². The topological polar surface area (TPSA) is 92.8 Å². The molecule has 1 amide bonds. The van der Waals surface area contributed by atoms with Gasteiger partial charge in [0.05, 0.1) is 10.8 Å². The average molecular weight is 457 g/mol. The van der Waals surface area contributed by atoms with Crippen molar-refractivity contribution in [3.63, 3.8) is 0 Å². The van der Waals surface area contributed by atoms with Crippen LogP contribution < -0.4 is 5.32 Å². The lowest BCUT2D eigenvalue weighted by atomic mass is 9.86. The van der Waals surface area contributed by atoms with E-state index in [1.165, 1.54) is 35.0 Å². The van der Waals surface area contributed by atoms with Crippen LogP contribution in [0.1, 0.15) is 45.4 Å². The van der Waals surface area contributed by atoms with E-state index in [9.17, 15) is 18.0 Å². The molecule has 0 bridgehead atoms. The summed E-state index contributed by atoms with van der Waals surface area (Å²) in [5.41, 5.74) is 0. The highest BCUT2D eigenvalue weighted by Gasteiger charge is 2.33. The number of hydrogen-bond acceptors (Lipinski definition) is 5. The lowest BCUT2D eigenvalue weighted by molar-refractivity contribution is -0.154. The average Bonchev–Trinajstić information content (AvgIpc) is 2.74. The standard InChI is InChI=1S/C21H29ClN2O5S/c1-15-4-2-3-5-19(15)23-20(25)14-29-21(26)16-10-12-24(13-11-16)30(27,28)18-8-6-17(22)7-9-18/h6-9,15-16,19H,2-5,10-14H2,1H3,(H,23,25). The molecule has 2 atom stereocenters. The van der Waals surface area contributed by atoms with Crippen LogP contribution in [0.2, 0.25) is 5.02 Å². The minimum atomic E-state index is -3.62. The molecule has 1 aliphatic heterocycles. The van der Waals surface area contributed by atoms with E-state index in [1.807, 2.05) is 0 Å². The fourth-order valence-electron chi connectivity index (χ4n) is 4.12. The molecule has 30 heavy (non-hydrogen) atoms. The second-order valence-corrected chi connectivity index (χ2v) is 10.6. The first-order valence-corrected chi connectivity index (χ1v) is 12.3. The number of carbonyl (C=O) groups excluding carboxylic acids is 2. The molecule has 2 fully saturated rings. The van der Waals surface area contributed by atoms with E-state index < -0.39 is 21.9 Å². The Bertz CT molecular complexity index is 851. The Morgan fingerprint density at radius 3 is 2.37 bits per heavy atom. The van der Waals surface area contributed by atoms with Gasteiger partial charge in [0.25, 0.3) is 5.91 Å². The molecule has 2 unspecified atom stereocenters. The third kappa shape index (κ3) is 5.74. The number of rotatable bonds is 6. The SMILES string of the molecule is CC1CCCCC1NC(=O)COC(=O)C1CCN(S(=O)(=O)c2ccc(Cl)cc2)CC1. The summed E-state index contributed by atoms with van der Waals surface area (Å²) in [6, 6.07) is 6.18. The van der Waals surface area contributed by atoms with Crippen molar-refractivity contribution in [3.8, 4) is 0 Å². The van der Waals surface area contributed by atoms with Crippen LogP contribution in [0.15, 0.2) is 29.2 Å². The molecule has 0 spiro atoms. The number of esters is 1. The van der Waals surface area contributed by atoms with Gasteiger partial charge in [0.2, 0.25) is 10.0 Å². The highest BCUT2D eigenvalue weighted by molar-refractivity contribution is 7.89. The first-order valence-electron chi connectivity index (χ1n) is 10.5. The molecule has 1 N–H and O–H groups in total. The minimum Gasteiger partial charge on any atom is -0.455 e. The largest absolute Gasteiger partial charge is 0.455 e. The lowest BCUT2D eigenvalue weighted by Gasteiger charge is -2.30. The normalized spacial score (nSPS) is 23.7. The van der Waals surface area contributed by atoms with Gasteiger partial charge >= 0.3 is 5.97 Å². The number of sulfonamides is 1. The van der Waals surface area contributed by atoms with Gasteiger partial charge in [-0.25, -0.2) is 8.42 Å². The Morgan fingerprint density at radius 2 is 1.73 bits per heavy atom. The molecule has 1 saturated carbocycles. The fourth-order valence-corrected chi connectivity index (χ4v) is 5.72. The summed E-state index contributed by atoms with van der Waals surface area (Å²) in [6.07, 6.45) is 5.09. The number of piperidine rings is 1. The number of nitrogens with zero attached hydrogens (tertiary/aromatic N) is 1. The highest BCUT2D eigenvalue weighted by atomic mass is 35.5. The van der Waals surface area contributed by atoms with Crippen molar-refractivity contribution in [1.29, 1.82) is 0 Å². The van der Waals surface area contributed by atoms with Gasteiger partial charge in [-0.3, -0.25) is 9.59 Å². The van der Waals surface area contributed by atoms with E-state index in [-0.39, 0.29) is 36.5 Å². The van der Waals surface area contributed by atoms with Crippen molar-refractivity contribution in [2.45, 2.75) is 56.4 Å². The van der Waals surface area contributed by atoms with E-state index >= 15 is 0 Å².